The summed E-state index contributed by atoms with van der Waals surface area (Å²) in [5, 5.41) is 3.03. The molecule has 1 N–H and O–H groups in total. The predicted molar refractivity (Wildman–Crippen MR) is 44.6 cm³/mol. The molecule has 58 valence electrons. The molecule has 1 aliphatic carbocycles. The molecule has 0 radical (unpaired) electrons. The molecule has 1 rings (SSSR count). The first-order chi connectivity index (χ1) is 4.88. The zero-order valence-corrected chi connectivity index (χ0v) is 7.20. The van der Waals surface area contributed by atoms with Crippen molar-refractivity contribution in [2.45, 2.75) is 19.3 Å². The molecule has 1 aliphatic rings. The van der Waals surface area contributed by atoms with Gasteiger partial charge in [0.25, 0.3) is 0 Å². The summed E-state index contributed by atoms with van der Waals surface area (Å²) in [5.41, 5.74) is 0. The highest BCUT2D eigenvalue weighted by Gasteiger charge is 2.25. The maximum Gasteiger partial charge on any atom is 0.123 e. The SMILES string of the molecule is O=C[C@@H]1CCC[C@@H]1CNP. The lowest BCUT2D eigenvalue weighted by Gasteiger charge is -2.11. The van der Waals surface area contributed by atoms with Crippen LogP contribution in [-0.2, 0) is 4.79 Å². The molecule has 0 bridgehead atoms. The van der Waals surface area contributed by atoms with Crippen molar-refractivity contribution >= 4 is 15.7 Å². The van der Waals surface area contributed by atoms with Crippen LogP contribution in [-0.4, -0.2) is 12.8 Å². The molecule has 1 fully saturated rings. The van der Waals surface area contributed by atoms with E-state index < -0.39 is 0 Å². The van der Waals surface area contributed by atoms with Gasteiger partial charge < -0.3 is 9.88 Å². The van der Waals surface area contributed by atoms with Gasteiger partial charge in [-0.05, 0) is 18.8 Å². The summed E-state index contributed by atoms with van der Waals surface area (Å²) in [6, 6.07) is 0. The van der Waals surface area contributed by atoms with Crippen LogP contribution >= 0.6 is 9.39 Å². The Morgan fingerprint density at radius 2 is 2.40 bits per heavy atom. The van der Waals surface area contributed by atoms with Gasteiger partial charge in [0.05, 0.1) is 0 Å². The average molecular weight is 159 g/mol. The van der Waals surface area contributed by atoms with Gasteiger partial charge in [0.1, 0.15) is 6.29 Å². The van der Waals surface area contributed by atoms with Crippen LogP contribution in [0, 0.1) is 11.8 Å². The van der Waals surface area contributed by atoms with Crippen LogP contribution in [0.4, 0.5) is 0 Å². The summed E-state index contributed by atoms with van der Waals surface area (Å²) in [6.45, 7) is 0.966. The Labute approximate surface area is 64.0 Å². The third-order valence-corrected chi connectivity index (χ3v) is 2.51. The minimum absolute atomic E-state index is 0.327. The standard InChI is InChI=1S/C7H14NOP/c9-5-7-3-1-2-6(7)4-8-10/h5-8H,1-4,10H2/t6-,7+/m1/s1. The van der Waals surface area contributed by atoms with Crippen LogP contribution in [0.15, 0.2) is 0 Å². The molecule has 1 saturated carbocycles. The summed E-state index contributed by atoms with van der Waals surface area (Å²) >= 11 is 0. The lowest BCUT2D eigenvalue weighted by atomic mass is 9.98. The van der Waals surface area contributed by atoms with Crippen LogP contribution in [0.5, 0.6) is 0 Å². The van der Waals surface area contributed by atoms with Crippen molar-refractivity contribution in [1.82, 2.24) is 5.09 Å². The Hall–Kier alpha value is 0.0600. The van der Waals surface area contributed by atoms with Crippen molar-refractivity contribution in [2.24, 2.45) is 11.8 Å². The fourth-order valence-electron chi connectivity index (χ4n) is 1.65. The molecule has 3 heteroatoms. The van der Waals surface area contributed by atoms with Crippen LogP contribution in [0.25, 0.3) is 0 Å². The second-order valence-corrected chi connectivity index (χ2v) is 3.31. The van der Waals surface area contributed by atoms with Crippen LogP contribution < -0.4 is 5.09 Å². The van der Waals surface area contributed by atoms with E-state index in [9.17, 15) is 4.79 Å². The minimum atomic E-state index is 0.327. The lowest BCUT2D eigenvalue weighted by Crippen LogP contribution is -2.19. The zero-order valence-electron chi connectivity index (χ0n) is 6.05. The molecule has 0 aromatic heterocycles. The molecule has 1 unspecified atom stereocenters. The third-order valence-electron chi connectivity index (χ3n) is 2.27. The van der Waals surface area contributed by atoms with E-state index in [1.165, 1.54) is 12.8 Å². The van der Waals surface area contributed by atoms with Gasteiger partial charge >= 0.3 is 0 Å². The van der Waals surface area contributed by atoms with Gasteiger partial charge in [-0.25, -0.2) is 0 Å². The van der Waals surface area contributed by atoms with Gasteiger partial charge in [-0.2, -0.15) is 0 Å². The van der Waals surface area contributed by atoms with Crippen LogP contribution in [0.3, 0.4) is 0 Å². The van der Waals surface area contributed by atoms with Crippen molar-refractivity contribution in [1.29, 1.82) is 0 Å². The van der Waals surface area contributed by atoms with Gasteiger partial charge in [-0.3, -0.25) is 0 Å². The monoisotopic (exact) mass is 159 g/mol. The average Bonchev–Trinajstić information content (AvgIpc) is 2.36. The van der Waals surface area contributed by atoms with E-state index in [4.69, 9.17) is 0 Å². The molecule has 3 atom stereocenters. The normalized spacial score (nSPS) is 32.5. The van der Waals surface area contributed by atoms with Gasteiger partial charge in [-0.15, -0.1) is 0 Å². The van der Waals surface area contributed by atoms with Crippen molar-refractivity contribution in [2.75, 3.05) is 6.54 Å². The quantitative estimate of drug-likeness (QED) is 0.491. The number of rotatable bonds is 3. The number of aldehydes is 1. The van der Waals surface area contributed by atoms with Gasteiger partial charge in [-0.1, -0.05) is 15.8 Å². The molecule has 2 nitrogen and oxygen atoms in total. The summed E-state index contributed by atoms with van der Waals surface area (Å²) in [7, 11) is 2.48. The second kappa shape index (κ2) is 4.05. The van der Waals surface area contributed by atoms with Gasteiger partial charge in [0.15, 0.2) is 0 Å². The van der Waals surface area contributed by atoms with Crippen molar-refractivity contribution in [3.63, 3.8) is 0 Å². The predicted octanol–water partition coefficient (Wildman–Crippen LogP) is 0.981. The first kappa shape index (κ1) is 8.16. The molecular formula is C7H14NOP. The van der Waals surface area contributed by atoms with Gasteiger partial charge in [0, 0.05) is 12.5 Å². The molecule has 0 spiro atoms. The van der Waals surface area contributed by atoms with Crippen molar-refractivity contribution < 1.29 is 4.79 Å². The van der Waals surface area contributed by atoms with Crippen LogP contribution in [0.1, 0.15) is 19.3 Å². The maximum atomic E-state index is 10.5. The number of nitrogens with one attached hydrogen (secondary N) is 1. The number of carbonyl (C=O) groups excluding carboxylic acids is 1. The van der Waals surface area contributed by atoms with E-state index in [1.807, 2.05) is 0 Å². The summed E-state index contributed by atoms with van der Waals surface area (Å²) in [4.78, 5) is 10.5. The Bertz CT molecular complexity index is 118. The molecule has 0 amide bonds. The highest BCUT2D eigenvalue weighted by Crippen LogP contribution is 2.29. The highest BCUT2D eigenvalue weighted by atomic mass is 31.0. The molecular weight excluding hydrogens is 145 g/mol. The summed E-state index contributed by atoms with van der Waals surface area (Å²) < 4.78 is 0. The Morgan fingerprint density at radius 1 is 1.60 bits per heavy atom. The van der Waals surface area contributed by atoms with Crippen molar-refractivity contribution in [3.8, 4) is 0 Å². The van der Waals surface area contributed by atoms with Crippen molar-refractivity contribution in [3.05, 3.63) is 0 Å². The highest BCUT2D eigenvalue weighted by molar-refractivity contribution is 7.13. The fraction of sp³-hybridized carbons (Fsp3) is 0.857. The lowest BCUT2D eigenvalue weighted by molar-refractivity contribution is -0.111. The fourth-order valence-corrected chi connectivity index (χ4v) is 1.95. The molecule has 0 aromatic rings. The smallest absolute Gasteiger partial charge is 0.123 e. The zero-order chi connectivity index (χ0) is 7.40. The number of carbonyl (C=O) groups is 1. The molecule has 10 heavy (non-hydrogen) atoms. The summed E-state index contributed by atoms with van der Waals surface area (Å²) in [6.07, 6.45) is 4.64. The molecule has 0 aromatic carbocycles. The first-order valence-corrected chi connectivity index (χ1v) is 4.35. The topological polar surface area (TPSA) is 29.1 Å². The van der Waals surface area contributed by atoms with E-state index in [-0.39, 0.29) is 0 Å². The Balaban J connectivity index is 2.34. The largest absolute Gasteiger partial charge is 0.303 e. The second-order valence-electron chi connectivity index (χ2n) is 2.90. The molecule has 0 heterocycles. The molecule has 0 aliphatic heterocycles. The van der Waals surface area contributed by atoms with E-state index >= 15 is 0 Å². The van der Waals surface area contributed by atoms with Crippen LogP contribution in [0.2, 0.25) is 0 Å². The van der Waals surface area contributed by atoms with E-state index in [2.05, 4.69) is 14.5 Å². The Kier molecular flexibility index (Phi) is 3.30. The Morgan fingerprint density at radius 3 is 3.00 bits per heavy atom. The summed E-state index contributed by atoms with van der Waals surface area (Å²) in [5.74, 6) is 0.919. The van der Waals surface area contributed by atoms with E-state index in [0.717, 1.165) is 19.3 Å². The third kappa shape index (κ3) is 1.77. The molecule has 0 saturated heterocycles. The minimum Gasteiger partial charge on any atom is -0.303 e. The van der Waals surface area contributed by atoms with E-state index in [0.29, 0.717) is 11.8 Å². The first-order valence-electron chi connectivity index (χ1n) is 3.77. The maximum absolute atomic E-state index is 10.5. The van der Waals surface area contributed by atoms with E-state index in [1.54, 1.807) is 0 Å². The van der Waals surface area contributed by atoms with Gasteiger partial charge in [0.2, 0.25) is 0 Å². The number of hydrogen-bond donors (Lipinski definition) is 1. The number of hydrogen-bond acceptors (Lipinski definition) is 2.